The molecule has 0 aliphatic carbocycles. The van der Waals surface area contributed by atoms with Crippen molar-refractivity contribution < 1.29 is 9.53 Å². The fourth-order valence-corrected chi connectivity index (χ4v) is 1.95. The van der Waals surface area contributed by atoms with Crippen LogP contribution in [0.15, 0.2) is 30.0 Å². The van der Waals surface area contributed by atoms with E-state index in [1.54, 1.807) is 0 Å². The molecule has 0 spiro atoms. The van der Waals surface area contributed by atoms with E-state index in [0.29, 0.717) is 12.2 Å². The third kappa shape index (κ3) is 4.38. The van der Waals surface area contributed by atoms with E-state index in [9.17, 15) is 4.79 Å². The first-order valence-electron chi connectivity index (χ1n) is 6.66. The van der Waals surface area contributed by atoms with Crippen LogP contribution in [0.5, 0.6) is 0 Å². The molecule has 1 rings (SSSR count). The predicted octanol–water partition coefficient (Wildman–Crippen LogP) is 3.85. The number of allylic oxidation sites excluding steroid dienone is 1. The van der Waals surface area contributed by atoms with Crippen molar-refractivity contribution in [1.29, 1.82) is 0 Å². The van der Waals surface area contributed by atoms with Gasteiger partial charge in [0.15, 0.2) is 11.7 Å². The number of hydrogen-bond donors (Lipinski definition) is 0. The fourth-order valence-electron chi connectivity index (χ4n) is 1.95. The summed E-state index contributed by atoms with van der Waals surface area (Å²) in [7, 11) is 0. The minimum atomic E-state index is 0.135. The average molecular weight is 246 g/mol. The molecule has 2 nitrogen and oxygen atoms in total. The average Bonchev–Trinajstić information content (AvgIpc) is 2.39. The van der Waals surface area contributed by atoms with Crippen LogP contribution >= 0.6 is 0 Å². The molecule has 0 N–H and O–H groups in total. The Morgan fingerprint density at radius 3 is 2.61 bits per heavy atom. The van der Waals surface area contributed by atoms with Gasteiger partial charge in [0.05, 0.1) is 6.10 Å². The molecule has 0 heterocycles. The molecule has 0 saturated carbocycles. The van der Waals surface area contributed by atoms with Gasteiger partial charge in [-0.1, -0.05) is 44.5 Å². The molecule has 18 heavy (non-hydrogen) atoms. The second kappa shape index (κ2) is 7.73. The van der Waals surface area contributed by atoms with E-state index in [-0.39, 0.29) is 6.10 Å². The maximum atomic E-state index is 11.0. The van der Waals surface area contributed by atoms with Gasteiger partial charge in [0.2, 0.25) is 0 Å². The minimum Gasteiger partial charge on any atom is -0.483 e. The van der Waals surface area contributed by atoms with Crippen molar-refractivity contribution in [1.82, 2.24) is 0 Å². The van der Waals surface area contributed by atoms with Gasteiger partial charge in [-0.2, -0.15) is 0 Å². The molecule has 1 atom stereocenters. The summed E-state index contributed by atoms with van der Waals surface area (Å²) in [5, 5.41) is 0. The molecule has 1 aromatic carbocycles. The third-order valence-corrected chi connectivity index (χ3v) is 3.10. The lowest BCUT2D eigenvalue weighted by Crippen LogP contribution is -2.13. The van der Waals surface area contributed by atoms with Crippen molar-refractivity contribution in [2.75, 3.05) is 0 Å². The standard InChI is InChI=1S/C16H22O2/c1-4-8-15(5-2)18-16(12-17)11-14-10-7-6-9-13(14)3/h6-7,9-10,15H,4-5,8,11H2,1-3H3. The molecule has 0 radical (unpaired) electrons. The minimum absolute atomic E-state index is 0.135. The molecule has 0 aliphatic heterocycles. The van der Waals surface area contributed by atoms with Gasteiger partial charge >= 0.3 is 0 Å². The van der Waals surface area contributed by atoms with Gasteiger partial charge in [-0.15, -0.1) is 0 Å². The van der Waals surface area contributed by atoms with Crippen LogP contribution in [-0.4, -0.2) is 12.0 Å². The molecule has 98 valence electrons. The van der Waals surface area contributed by atoms with Crippen LogP contribution in [0.25, 0.3) is 0 Å². The van der Waals surface area contributed by atoms with E-state index in [1.807, 2.05) is 37.1 Å². The first kappa shape index (κ1) is 14.5. The topological polar surface area (TPSA) is 26.3 Å². The number of aryl methyl sites for hydroxylation is 1. The fraction of sp³-hybridized carbons (Fsp3) is 0.500. The van der Waals surface area contributed by atoms with Crippen molar-refractivity contribution in [2.24, 2.45) is 0 Å². The van der Waals surface area contributed by atoms with Crippen LogP contribution in [0.1, 0.15) is 44.2 Å². The Balaban J connectivity index is 2.69. The Hall–Kier alpha value is -1.53. The number of carbonyl (C=O) groups excluding carboxylic acids is 1. The van der Waals surface area contributed by atoms with Crippen LogP contribution in [0.2, 0.25) is 0 Å². The highest BCUT2D eigenvalue weighted by molar-refractivity contribution is 5.51. The zero-order chi connectivity index (χ0) is 13.4. The van der Waals surface area contributed by atoms with E-state index in [1.165, 1.54) is 5.56 Å². The van der Waals surface area contributed by atoms with Gasteiger partial charge in [-0.3, -0.25) is 0 Å². The predicted molar refractivity (Wildman–Crippen MR) is 74.2 cm³/mol. The van der Waals surface area contributed by atoms with Crippen molar-refractivity contribution in [3.8, 4) is 0 Å². The second-order valence-electron chi connectivity index (χ2n) is 4.57. The monoisotopic (exact) mass is 246 g/mol. The lowest BCUT2D eigenvalue weighted by Gasteiger charge is -2.17. The Morgan fingerprint density at radius 1 is 1.33 bits per heavy atom. The maximum Gasteiger partial charge on any atom is 0.184 e. The molecule has 0 amide bonds. The number of rotatable bonds is 7. The third-order valence-electron chi connectivity index (χ3n) is 3.10. The van der Waals surface area contributed by atoms with Gasteiger partial charge in [0, 0.05) is 6.42 Å². The number of hydrogen-bond acceptors (Lipinski definition) is 2. The summed E-state index contributed by atoms with van der Waals surface area (Å²) in [5.74, 6) is 2.37. The van der Waals surface area contributed by atoms with Crippen LogP contribution < -0.4 is 0 Å². The summed E-state index contributed by atoms with van der Waals surface area (Å²) in [5.41, 5.74) is 2.31. The van der Waals surface area contributed by atoms with Gasteiger partial charge < -0.3 is 4.74 Å². The molecule has 2 heteroatoms. The van der Waals surface area contributed by atoms with Crippen LogP contribution in [0.3, 0.4) is 0 Å². The Bertz CT molecular complexity index is 417. The van der Waals surface area contributed by atoms with Crippen molar-refractivity contribution in [3.63, 3.8) is 0 Å². The lowest BCUT2D eigenvalue weighted by atomic mass is 10.1. The lowest BCUT2D eigenvalue weighted by molar-refractivity contribution is 0.103. The van der Waals surface area contributed by atoms with Crippen molar-refractivity contribution in [2.45, 2.75) is 52.6 Å². The summed E-state index contributed by atoms with van der Waals surface area (Å²) in [6, 6.07) is 8.04. The highest BCUT2D eigenvalue weighted by Gasteiger charge is 2.11. The highest BCUT2D eigenvalue weighted by atomic mass is 16.5. The molecule has 0 bridgehead atoms. The molecule has 0 saturated heterocycles. The summed E-state index contributed by atoms with van der Waals surface area (Å²) in [4.78, 5) is 11.0. The summed E-state index contributed by atoms with van der Waals surface area (Å²) < 4.78 is 5.74. The SMILES string of the molecule is CCCC(CC)OC(=C=O)Cc1ccccc1C. The largest absolute Gasteiger partial charge is 0.483 e. The zero-order valence-corrected chi connectivity index (χ0v) is 11.5. The van der Waals surface area contributed by atoms with Crippen LogP contribution in [0, 0.1) is 6.92 Å². The van der Waals surface area contributed by atoms with E-state index in [0.717, 1.165) is 24.8 Å². The van der Waals surface area contributed by atoms with Gasteiger partial charge in [0.1, 0.15) is 0 Å². The van der Waals surface area contributed by atoms with E-state index >= 15 is 0 Å². The molecule has 1 unspecified atom stereocenters. The quantitative estimate of drug-likeness (QED) is 0.539. The smallest absolute Gasteiger partial charge is 0.184 e. The summed E-state index contributed by atoms with van der Waals surface area (Å²) in [6.07, 6.45) is 3.64. The van der Waals surface area contributed by atoms with Crippen LogP contribution in [0.4, 0.5) is 0 Å². The van der Waals surface area contributed by atoms with E-state index in [4.69, 9.17) is 4.74 Å². The molecular weight excluding hydrogens is 224 g/mol. The number of ether oxygens (including phenoxy) is 1. The molecule has 1 aromatic rings. The van der Waals surface area contributed by atoms with Gasteiger partial charge in [-0.05, 0) is 30.9 Å². The Labute approximate surface area is 110 Å². The highest BCUT2D eigenvalue weighted by Crippen LogP contribution is 2.16. The molecule has 0 fully saturated rings. The Morgan fingerprint density at radius 2 is 2.06 bits per heavy atom. The molecule has 0 aliphatic rings. The van der Waals surface area contributed by atoms with Crippen LogP contribution in [-0.2, 0) is 16.0 Å². The summed E-state index contributed by atoms with van der Waals surface area (Å²) in [6.45, 7) is 6.25. The number of benzene rings is 1. The van der Waals surface area contributed by atoms with E-state index < -0.39 is 0 Å². The normalized spacial score (nSPS) is 11.7. The van der Waals surface area contributed by atoms with E-state index in [2.05, 4.69) is 13.8 Å². The second-order valence-corrected chi connectivity index (χ2v) is 4.57. The van der Waals surface area contributed by atoms with Crippen molar-refractivity contribution in [3.05, 3.63) is 41.2 Å². The summed E-state index contributed by atoms with van der Waals surface area (Å²) >= 11 is 0. The first-order valence-corrected chi connectivity index (χ1v) is 6.66. The Kier molecular flexibility index (Phi) is 6.24. The van der Waals surface area contributed by atoms with Crippen molar-refractivity contribution >= 4 is 5.94 Å². The molecule has 0 aromatic heterocycles. The van der Waals surface area contributed by atoms with Gasteiger partial charge in [0.25, 0.3) is 0 Å². The molecular formula is C16H22O2. The maximum absolute atomic E-state index is 11.0. The zero-order valence-electron chi connectivity index (χ0n) is 11.5. The van der Waals surface area contributed by atoms with Gasteiger partial charge in [-0.25, -0.2) is 4.79 Å². The first-order chi connectivity index (χ1) is 8.71.